The molecule has 1 aliphatic heterocycles. The predicted octanol–water partition coefficient (Wildman–Crippen LogP) is 3.02. The second-order valence-corrected chi connectivity index (χ2v) is 6.30. The van der Waals surface area contributed by atoms with E-state index in [1.54, 1.807) is 13.8 Å². The van der Waals surface area contributed by atoms with Gasteiger partial charge in [0.25, 0.3) is 0 Å². The van der Waals surface area contributed by atoms with Gasteiger partial charge in [0, 0.05) is 17.6 Å². The summed E-state index contributed by atoms with van der Waals surface area (Å²) in [6.45, 7) is 3.45. The average molecular weight is 265 g/mol. The Bertz CT molecular complexity index is 471. The Labute approximate surface area is 112 Å². The van der Waals surface area contributed by atoms with Crippen molar-refractivity contribution in [2.24, 2.45) is 0 Å². The van der Waals surface area contributed by atoms with E-state index >= 15 is 0 Å². The molecule has 0 saturated carbocycles. The van der Waals surface area contributed by atoms with Crippen LogP contribution in [0.3, 0.4) is 0 Å². The van der Waals surface area contributed by atoms with Crippen molar-refractivity contribution in [3.05, 3.63) is 23.8 Å². The van der Waals surface area contributed by atoms with Crippen molar-refractivity contribution in [2.45, 2.75) is 37.1 Å². The van der Waals surface area contributed by atoms with Crippen LogP contribution >= 0.6 is 11.8 Å². The first-order valence-electron chi connectivity index (χ1n) is 6.16. The van der Waals surface area contributed by atoms with Crippen molar-refractivity contribution in [2.75, 3.05) is 17.7 Å². The number of carbonyl (C=O) groups is 1. The number of hydrogen-bond donors (Lipinski definition) is 1. The number of benzene rings is 1. The average Bonchev–Trinajstić information content (AvgIpc) is 2.37. The second kappa shape index (κ2) is 4.84. The number of rotatable bonds is 3. The number of nitrogens with zero attached hydrogens (tertiary/aromatic N) is 1. The summed E-state index contributed by atoms with van der Waals surface area (Å²) >= 11 is 1.89. The van der Waals surface area contributed by atoms with Gasteiger partial charge in [-0.25, -0.2) is 4.79 Å². The van der Waals surface area contributed by atoms with Gasteiger partial charge in [-0.15, -0.1) is 11.8 Å². The van der Waals surface area contributed by atoms with Gasteiger partial charge in [-0.3, -0.25) is 0 Å². The molecule has 2 rings (SSSR count). The van der Waals surface area contributed by atoms with Gasteiger partial charge in [-0.2, -0.15) is 0 Å². The van der Waals surface area contributed by atoms with Crippen molar-refractivity contribution < 1.29 is 9.90 Å². The third kappa shape index (κ3) is 2.34. The predicted molar refractivity (Wildman–Crippen MR) is 75.6 cm³/mol. The molecule has 1 N–H and O–H groups in total. The molecule has 0 amide bonds. The van der Waals surface area contributed by atoms with Crippen LogP contribution in [-0.4, -0.2) is 29.4 Å². The van der Waals surface area contributed by atoms with Gasteiger partial charge >= 0.3 is 5.97 Å². The standard InChI is InChI=1S/C14H19NO2S/c1-14(2,13(16)17)15(3)11-6-7-12-10(9-11)5-4-8-18-12/h6-7,9H,4-5,8H2,1-3H3,(H,16,17). The monoisotopic (exact) mass is 265 g/mol. The molecular weight excluding hydrogens is 246 g/mol. The molecule has 0 unspecified atom stereocenters. The summed E-state index contributed by atoms with van der Waals surface area (Å²) < 4.78 is 0. The molecule has 3 nitrogen and oxygen atoms in total. The number of carboxylic acid groups (broad SMARTS) is 1. The fourth-order valence-corrected chi connectivity index (χ4v) is 3.04. The molecule has 98 valence electrons. The molecule has 0 bridgehead atoms. The molecular formula is C14H19NO2S. The van der Waals surface area contributed by atoms with Crippen LogP contribution in [0.15, 0.2) is 23.1 Å². The minimum atomic E-state index is -0.893. The Kier molecular flexibility index (Phi) is 3.57. The van der Waals surface area contributed by atoms with Crippen molar-refractivity contribution in [1.82, 2.24) is 0 Å². The van der Waals surface area contributed by atoms with Gasteiger partial charge in [-0.1, -0.05) is 0 Å². The van der Waals surface area contributed by atoms with Gasteiger partial charge in [-0.05, 0) is 56.2 Å². The highest BCUT2D eigenvalue weighted by Crippen LogP contribution is 2.33. The molecule has 1 heterocycles. The number of thioether (sulfide) groups is 1. The number of hydrogen-bond acceptors (Lipinski definition) is 3. The Morgan fingerprint density at radius 1 is 1.44 bits per heavy atom. The Hall–Kier alpha value is -1.16. The summed E-state index contributed by atoms with van der Waals surface area (Å²) in [4.78, 5) is 14.4. The van der Waals surface area contributed by atoms with E-state index in [1.807, 2.05) is 29.8 Å². The van der Waals surface area contributed by atoms with Gasteiger partial charge in [0.1, 0.15) is 5.54 Å². The van der Waals surface area contributed by atoms with Crippen LogP contribution in [0.4, 0.5) is 5.69 Å². The maximum absolute atomic E-state index is 11.3. The maximum atomic E-state index is 11.3. The lowest BCUT2D eigenvalue weighted by Gasteiger charge is -2.34. The molecule has 0 atom stereocenters. The van der Waals surface area contributed by atoms with Crippen LogP contribution in [0, 0.1) is 0 Å². The van der Waals surface area contributed by atoms with E-state index in [2.05, 4.69) is 12.1 Å². The molecule has 0 fully saturated rings. The first kappa shape index (κ1) is 13.3. The number of aliphatic carboxylic acids is 1. The van der Waals surface area contributed by atoms with Crippen LogP contribution in [-0.2, 0) is 11.2 Å². The largest absolute Gasteiger partial charge is 0.480 e. The van der Waals surface area contributed by atoms with Crippen molar-refractivity contribution >= 4 is 23.4 Å². The summed E-state index contributed by atoms with van der Waals surface area (Å²) in [5.74, 6) is 0.375. The molecule has 1 aliphatic rings. The number of carboxylic acids is 1. The van der Waals surface area contributed by atoms with E-state index in [4.69, 9.17) is 0 Å². The third-order valence-electron chi connectivity index (χ3n) is 3.64. The number of aryl methyl sites for hydroxylation is 1. The van der Waals surface area contributed by atoms with Crippen LogP contribution in [0.25, 0.3) is 0 Å². The van der Waals surface area contributed by atoms with E-state index < -0.39 is 11.5 Å². The van der Waals surface area contributed by atoms with E-state index in [9.17, 15) is 9.90 Å². The first-order valence-corrected chi connectivity index (χ1v) is 7.14. The van der Waals surface area contributed by atoms with Crippen molar-refractivity contribution in [3.8, 4) is 0 Å². The zero-order valence-electron chi connectivity index (χ0n) is 11.1. The van der Waals surface area contributed by atoms with Crippen LogP contribution in [0.5, 0.6) is 0 Å². The molecule has 0 aromatic heterocycles. The molecule has 0 spiro atoms. The lowest BCUT2D eigenvalue weighted by molar-refractivity contribution is -0.142. The summed E-state index contributed by atoms with van der Waals surface area (Å²) in [5.41, 5.74) is 1.43. The van der Waals surface area contributed by atoms with E-state index in [0.29, 0.717) is 0 Å². The minimum Gasteiger partial charge on any atom is -0.480 e. The summed E-state index contributed by atoms with van der Waals surface area (Å²) in [6.07, 6.45) is 2.30. The normalized spacial score (nSPS) is 15.1. The lowest BCUT2D eigenvalue weighted by atomic mass is 10.0. The van der Waals surface area contributed by atoms with Gasteiger partial charge in [0.05, 0.1) is 0 Å². The zero-order valence-corrected chi connectivity index (χ0v) is 11.9. The Morgan fingerprint density at radius 2 is 2.17 bits per heavy atom. The lowest BCUT2D eigenvalue weighted by Crippen LogP contribution is -2.48. The molecule has 0 saturated heterocycles. The van der Waals surface area contributed by atoms with Gasteiger partial charge in [0.2, 0.25) is 0 Å². The molecule has 0 aliphatic carbocycles. The summed E-state index contributed by atoms with van der Waals surface area (Å²) in [6, 6.07) is 6.26. The molecule has 4 heteroatoms. The summed E-state index contributed by atoms with van der Waals surface area (Å²) in [7, 11) is 1.84. The molecule has 1 aromatic carbocycles. The summed E-state index contributed by atoms with van der Waals surface area (Å²) in [5, 5.41) is 9.27. The minimum absolute atomic E-state index is 0.808. The van der Waals surface area contributed by atoms with Crippen LogP contribution in [0.1, 0.15) is 25.8 Å². The van der Waals surface area contributed by atoms with E-state index in [0.717, 1.165) is 12.1 Å². The van der Waals surface area contributed by atoms with Crippen molar-refractivity contribution in [1.29, 1.82) is 0 Å². The van der Waals surface area contributed by atoms with Crippen molar-refractivity contribution in [3.63, 3.8) is 0 Å². The van der Waals surface area contributed by atoms with Gasteiger partial charge in [0.15, 0.2) is 0 Å². The Balaban J connectivity index is 2.31. The SMILES string of the molecule is CN(c1ccc2c(c1)CCCS2)C(C)(C)C(=O)O. The second-order valence-electron chi connectivity index (χ2n) is 5.17. The fourth-order valence-electron chi connectivity index (χ4n) is 2.02. The highest BCUT2D eigenvalue weighted by Gasteiger charge is 2.32. The highest BCUT2D eigenvalue weighted by molar-refractivity contribution is 7.99. The maximum Gasteiger partial charge on any atom is 0.328 e. The number of likely N-dealkylation sites (N-methyl/N-ethyl adjacent to an activating group) is 1. The van der Waals surface area contributed by atoms with E-state index in [-0.39, 0.29) is 0 Å². The fraction of sp³-hybridized carbons (Fsp3) is 0.500. The molecule has 1 aromatic rings. The first-order chi connectivity index (χ1) is 8.43. The quantitative estimate of drug-likeness (QED) is 0.912. The number of fused-ring (bicyclic) bond motifs is 1. The molecule has 0 radical (unpaired) electrons. The smallest absolute Gasteiger partial charge is 0.328 e. The van der Waals surface area contributed by atoms with E-state index in [1.165, 1.54) is 22.6 Å². The number of anilines is 1. The zero-order chi connectivity index (χ0) is 13.3. The molecule has 18 heavy (non-hydrogen) atoms. The van der Waals surface area contributed by atoms with Crippen LogP contribution in [0.2, 0.25) is 0 Å². The Morgan fingerprint density at radius 3 is 2.83 bits per heavy atom. The van der Waals surface area contributed by atoms with Crippen LogP contribution < -0.4 is 4.90 Å². The topological polar surface area (TPSA) is 40.5 Å². The van der Waals surface area contributed by atoms with Gasteiger partial charge < -0.3 is 10.0 Å². The third-order valence-corrected chi connectivity index (χ3v) is 4.84. The highest BCUT2D eigenvalue weighted by atomic mass is 32.2.